The van der Waals surface area contributed by atoms with E-state index in [2.05, 4.69) is 4.74 Å². The summed E-state index contributed by atoms with van der Waals surface area (Å²) in [6.45, 7) is 9.39. The molecule has 1 aromatic carbocycles. The smallest absolute Gasteiger partial charge is 0.313 e. The number of ether oxygens (including phenoxy) is 9. The van der Waals surface area contributed by atoms with Gasteiger partial charge in [0.1, 0.15) is 0 Å². The molecule has 0 saturated heterocycles. The third-order valence-electron chi connectivity index (χ3n) is 5.35. The maximum absolute atomic E-state index is 14.1. The predicted molar refractivity (Wildman–Crippen MR) is 142 cm³/mol. The van der Waals surface area contributed by atoms with E-state index in [-0.39, 0.29) is 37.4 Å². The van der Waals surface area contributed by atoms with Gasteiger partial charge in [0.2, 0.25) is 11.6 Å². The molecule has 0 bridgehead atoms. The number of hydrogen-bond donors (Lipinski definition) is 1. The Morgan fingerprint density at radius 1 is 0.512 bits per heavy atom. The Hall–Kier alpha value is -1.88. The Morgan fingerprint density at radius 2 is 0.829 bits per heavy atom. The number of carbonyl (C=O) groups is 1. The molecule has 0 aliphatic carbocycles. The first kappa shape index (κ1) is 37.1. The molecule has 0 amide bonds. The van der Waals surface area contributed by atoms with Gasteiger partial charge in [0.15, 0.2) is 11.6 Å². The number of halogens is 3. The lowest BCUT2D eigenvalue weighted by molar-refractivity contribution is -0.136. The molecule has 0 atom stereocenters. The van der Waals surface area contributed by atoms with Crippen LogP contribution in [0.1, 0.15) is 17.5 Å². The predicted octanol–water partition coefficient (Wildman–Crippen LogP) is 2.11. The van der Waals surface area contributed by atoms with Crippen molar-refractivity contribution in [3.8, 4) is 5.75 Å². The van der Waals surface area contributed by atoms with Gasteiger partial charge in [0, 0.05) is 6.54 Å². The van der Waals surface area contributed by atoms with Crippen LogP contribution in [0.25, 0.3) is 0 Å². The summed E-state index contributed by atoms with van der Waals surface area (Å²) in [6, 6.07) is 0. The normalized spacial score (nSPS) is 11.4. The molecule has 14 heteroatoms. The molecule has 0 fully saturated rings. The van der Waals surface area contributed by atoms with Crippen molar-refractivity contribution in [3.05, 3.63) is 28.6 Å². The highest BCUT2D eigenvalue weighted by Gasteiger charge is 2.23. The average Bonchev–Trinajstić information content (AvgIpc) is 2.97. The van der Waals surface area contributed by atoms with E-state index in [0.29, 0.717) is 92.4 Å². The Balaban J connectivity index is 1.83. The van der Waals surface area contributed by atoms with Crippen LogP contribution in [0.3, 0.4) is 0 Å². The summed E-state index contributed by atoms with van der Waals surface area (Å²) in [4.78, 5) is 11.8. The first-order valence-corrected chi connectivity index (χ1v) is 13.6. The molecule has 41 heavy (non-hydrogen) atoms. The van der Waals surface area contributed by atoms with Crippen molar-refractivity contribution in [2.24, 2.45) is 5.73 Å². The van der Waals surface area contributed by atoms with Gasteiger partial charge in [-0.2, -0.15) is 4.39 Å². The van der Waals surface area contributed by atoms with Crippen molar-refractivity contribution < 1.29 is 60.6 Å². The van der Waals surface area contributed by atoms with Gasteiger partial charge in [-0.15, -0.1) is 0 Å². The fourth-order valence-corrected chi connectivity index (χ4v) is 2.99. The minimum atomic E-state index is -1.53. The van der Waals surface area contributed by atoms with E-state index >= 15 is 0 Å². The summed E-state index contributed by atoms with van der Waals surface area (Å²) in [5.41, 5.74) is 5.00. The van der Waals surface area contributed by atoms with Crippen molar-refractivity contribution in [2.75, 3.05) is 112 Å². The van der Waals surface area contributed by atoms with Crippen LogP contribution < -0.4 is 10.5 Å². The topological polar surface area (TPSA) is 126 Å². The van der Waals surface area contributed by atoms with Crippen LogP contribution in [-0.2, 0) is 42.7 Å². The number of carbonyl (C=O) groups excluding carboxylic acids is 1. The number of hydrogen-bond acceptors (Lipinski definition) is 11. The number of nitrogens with two attached hydrogens (primary N) is 1. The third-order valence-corrected chi connectivity index (χ3v) is 5.35. The standard InChI is InChI=1S/C27H44F3NO10/c1-21-22(2)25(29)27(26(30)24(21)28)41-23(32)3-5-33-7-9-35-11-13-37-15-17-39-19-20-40-18-16-38-14-12-36-10-8-34-6-4-31/h3-20,31H2,1-2H3. The quantitative estimate of drug-likeness (QED) is 0.0692. The second-order valence-corrected chi connectivity index (χ2v) is 8.43. The number of benzene rings is 1. The highest BCUT2D eigenvalue weighted by atomic mass is 19.2. The fourth-order valence-electron chi connectivity index (χ4n) is 2.99. The van der Waals surface area contributed by atoms with Crippen LogP contribution in [0.4, 0.5) is 13.2 Å². The summed E-state index contributed by atoms with van der Waals surface area (Å²) in [5.74, 6) is -5.88. The molecule has 0 aliphatic rings. The van der Waals surface area contributed by atoms with Crippen molar-refractivity contribution in [1.29, 1.82) is 0 Å². The molecule has 0 heterocycles. The van der Waals surface area contributed by atoms with Crippen LogP contribution in [0.15, 0.2) is 0 Å². The van der Waals surface area contributed by atoms with Crippen LogP contribution in [-0.4, -0.2) is 118 Å². The zero-order valence-corrected chi connectivity index (χ0v) is 24.0. The molecule has 0 aromatic heterocycles. The van der Waals surface area contributed by atoms with Crippen molar-refractivity contribution >= 4 is 5.97 Å². The number of esters is 1. The maximum atomic E-state index is 14.1. The van der Waals surface area contributed by atoms with Gasteiger partial charge in [-0.25, -0.2) is 8.78 Å². The molecule has 0 saturated carbocycles. The van der Waals surface area contributed by atoms with Crippen molar-refractivity contribution in [1.82, 2.24) is 0 Å². The zero-order valence-electron chi connectivity index (χ0n) is 24.0. The second-order valence-electron chi connectivity index (χ2n) is 8.43. The Kier molecular flexibility index (Phi) is 22.4. The van der Waals surface area contributed by atoms with Crippen LogP contribution in [0.5, 0.6) is 5.75 Å². The van der Waals surface area contributed by atoms with Gasteiger partial charge in [-0.1, -0.05) is 0 Å². The van der Waals surface area contributed by atoms with E-state index in [1.807, 2.05) is 0 Å². The van der Waals surface area contributed by atoms with Crippen molar-refractivity contribution in [2.45, 2.75) is 20.3 Å². The lowest BCUT2D eigenvalue weighted by Crippen LogP contribution is -2.16. The summed E-state index contributed by atoms with van der Waals surface area (Å²) >= 11 is 0. The molecule has 0 radical (unpaired) electrons. The highest BCUT2D eigenvalue weighted by molar-refractivity contribution is 5.72. The van der Waals surface area contributed by atoms with Crippen LogP contribution in [0.2, 0.25) is 0 Å². The number of rotatable bonds is 27. The molecular weight excluding hydrogens is 555 g/mol. The minimum absolute atomic E-state index is 0.0508. The highest BCUT2D eigenvalue weighted by Crippen LogP contribution is 2.30. The Labute approximate surface area is 239 Å². The monoisotopic (exact) mass is 599 g/mol. The first-order valence-electron chi connectivity index (χ1n) is 13.6. The summed E-state index contributed by atoms with van der Waals surface area (Å²) in [6.07, 6.45) is -0.266. The van der Waals surface area contributed by atoms with E-state index in [4.69, 9.17) is 43.6 Å². The van der Waals surface area contributed by atoms with E-state index in [1.54, 1.807) is 0 Å². The molecule has 0 aliphatic heterocycles. The maximum Gasteiger partial charge on any atom is 0.313 e. The minimum Gasteiger partial charge on any atom is -0.420 e. The van der Waals surface area contributed by atoms with Gasteiger partial charge in [-0.3, -0.25) is 4.79 Å². The fraction of sp³-hybridized carbons (Fsp3) is 0.741. The largest absolute Gasteiger partial charge is 0.420 e. The van der Waals surface area contributed by atoms with Crippen LogP contribution >= 0.6 is 0 Å². The zero-order chi connectivity index (χ0) is 30.1. The first-order chi connectivity index (χ1) is 19.9. The average molecular weight is 600 g/mol. The summed E-state index contributed by atoms with van der Waals surface area (Å²) < 4.78 is 89.1. The molecule has 0 spiro atoms. The Morgan fingerprint density at radius 3 is 1.20 bits per heavy atom. The van der Waals surface area contributed by atoms with Gasteiger partial charge >= 0.3 is 5.97 Å². The molecule has 1 rings (SSSR count). The molecule has 238 valence electrons. The molecule has 11 nitrogen and oxygen atoms in total. The second kappa shape index (κ2) is 24.7. The van der Waals surface area contributed by atoms with Gasteiger partial charge in [0.25, 0.3) is 0 Å². The molecule has 1 aromatic rings. The van der Waals surface area contributed by atoms with Gasteiger partial charge < -0.3 is 48.4 Å². The lowest BCUT2D eigenvalue weighted by atomic mass is 10.1. The van der Waals surface area contributed by atoms with Gasteiger partial charge in [0.05, 0.1) is 112 Å². The summed E-state index contributed by atoms with van der Waals surface area (Å²) in [5, 5.41) is 0. The van der Waals surface area contributed by atoms with E-state index in [9.17, 15) is 18.0 Å². The molecular formula is C27H44F3NO10. The molecule has 0 unspecified atom stereocenters. The van der Waals surface area contributed by atoms with E-state index < -0.39 is 29.2 Å². The van der Waals surface area contributed by atoms with Crippen molar-refractivity contribution in [3.63, 3.8) is 0 Å². The van der Waals surface area contributed by atoms with Crippen LogP contribution in [0, 0.1) is 31.3 Å². The third kappa shape index (κ3) is 17.6. The SMILES string of the molecule is Cc1c(C)c(F)c(OC(=O)CCOCCOCCOCCOCCOCCOCCOCCOCCN)c(F)c1F. The van der Waals surface area contributed by atoms with E-state index in [0.717, 1.165) is 0 Å². The van der Waals surface area contributed by atoms with Gasteiger partial charge in [-0.05, 0) is 25.0 Å². The Bertz CT molecular complexity index is 806. The summed E-state index contributed by atoms with van der Waals surface area (Å²) in [7, 11) is 0. The van der Waals surface area contributed by atoms with E-state index in [1.165, 1.54) is 13.8 Å². The lowest BCUT2D eigenvalue weighted by Gasteiger charge is -2.12. The molecule has 2 N–H and O–H groups in total.